The van der Waals surface area contributed by atoms with Gasteiger partial charge in [-0.15, -0.1) is 10.2 Å². The molecular weight excluding hydrogens is 236 g/mol. The molecule has 0 fully saturated rings. The van der Waals surface area contributed by atoms with Crippen LogP contribution in [0.1, 0.15) is 26.7 Å². The number of aromatic nitrogens is 8. The van der Waals surface area contributed by atoms with Gasteiger partial charge in [0, 0.05) is 13.1 Å². The summed E-state index contributed by atoms with van der Waals surface area (Å²) in [5.41, 5.74) is 0. The van der Waals surface area contributed by atoms with Gasteiger partial charge < -0.3 is 0 Å². The summed E-state index contributed by atoms with van der Waals surface area (Å²) in [4.78, 5) is 0. The van der Waals surface area contributed by atoms with E-state index in [-0.39, 0.29) is 0 Å². The van der Waals surface area contributed by atoms with Crippen molar-refractivity contribution in [3.05, 3.63) is 0 Å². The van der Waals surface area contributed by atoms with Crippen LogP contribution < -0.4 is 0 Å². The predicted molar refractivity (Wildman–Crippen MR) is 60.4 cm³/mol. The Kier molecular flexibility index (Phi) is 3.99. The molecule has 0 unspecified atom stereocenters. The molecular formula is C8H14N10. The zero-order chi connectivity index (χ0) is 12.8. The van der Waals surface area contributed by atoms with Gasteiger partial charge in [0.2, 0.25) is 0 Å². The van der Waals surface area contributed by atoms with Gasteiger partial charge in [-0.3, -0.25) is 0 Å². The monoisotopic (exact) mass is 250 g/mol. The fourth-order valence-corrected chi connectivity index (χ4v) is 1.35. The maximum Gasteiger partial charge on any atom is 0.288 e. The summed E-state index contributed by atoms with van der Waals surface area (Å²) in [6.45, 7) is 5.46. The number of tetrazole rings is 2. The molecule has 2 aromatic heterocycles. The fraction of sp³-hybridized carbons (Fsp3) is 0.750. The molecule has 0 bridgehead atoms. The largest absolute Gasteiger partial charge is 0.288 e. The van der Waals surface area contributed by atoms with Crippen LogP contribution in [0.3, 0.4) is 0 Å². The van der Waals surface area contributed by atoms with Crippen molar-refractivity contribution < 1.29 is 0 Å². The summed E-state index contributed by atoms with van der Waals surface area (Å²) in [5.74, 6) is 0.700. The van der Waals surface area contributed by atoms with E-state index < -0.39 is 0 Å². The Hall–Kier alpha value is -2.26. The van der Waals surface area contributed by atoms with Crippen molar-refractivity contribution in [1.82, 2.24) is 40.4 Å². The van der Waals surface area contributed by atoms with Gasteiger partial charge >= 0.3 is 0 Å². The van der Waals surface area contributed by atoms with Crippen molar-refractivity contribution in [3.8, 4) is 0 Å². The first-order chi connectivity index (χ1) is 8.85. The minimum absolute atomic E-state index is 0.350. The van der Waals surface area contributed by atoms with Gasteiger partial charge in [0.05, 0.1) is 0 Å². The molecule has 0 aromatic carbocycles. The Morgan fingerprint density at radius 2 is 1.28 bits per heavy atom. The smallest absolute Gasteiger partial charge is 0.209 e. The summed E-state index contributed by atoms with van der Waals surface area (Å²) in [6.07, 6.45) is 1.84. The third kappa shape index (κ3) is 2.70. The summed E-state index contributed by atoms with van der Waals surface area (Å²) in [5, 5.41) is 30.2. The van der Waals surface area contributed by atoms with E-state index in [1.807, 2.05) is 13.8 Å². The van der Waals surface area contributed by atoms with Crippen LogP contribution in [0, 0.1) is 0 Å². The second-order valence-electron chi connectivity index (χ2n) is 3.60. The minimum Gasteiger partial charge on any atom is -0.209 e. The zero-order valence-corrected chi connectivity index (χ0v) is 10.3. The standard InChI is InChI=1S/C8H14N10/c1-3-5-17-7(11-13-15-17)9-10-8-12-14-16-18(8)6-4-2/h3-6H2,1-2H3/b10-9+. The number of aryl methyl sites for hydroxylation is 2. The van der Waals surface area contributed by atoms with Gasteiger partial charge in [-0.2, -0.15) is 0 Å². The first-order valence-corrected chi connectivity index (χ1v) is 5.79. The molecule has 0 aliphatic rings. The number of rotatable bonds is 6. The molecule has 0 aliphatic heterocycles. The minimum atomic E-state index is 0.350. The van der Waals surface area contributed by atoms with Crippen molar-refractivity contribution in [3.63, 3.8) is 0 Å². The molecule has 0 spiro atoms. The van der Waals surface area contributed by atoms with Gasteiger partial charge in [0.25, 0.3) is 11.9 Å². The van der Waals surface area contributed by atoms with Crippen LogP contribution in [0.4, 0.5) is 11.9 Å². The highest BCUT2D eigenvalue weighted by molar-refractivity contribution is 5.14. The lowest BCUT2D eigenvalue weighted by Gasteiger charge is -1.97. The molecule has 10 nitrogen and oxygen atoms in total. The van der Waals surface area contributed by atoms with Crippen LogP contribution in [0.25, 0.3) is 0 Å². The van der Waals surface area contributed by atoms with Crippen molar-refractivity contribution >= 4 is 11.9 Å². The SMILES string of the molecule is CCCn1nnnc1/N=N/c1nnnn1CCC. The number of nitrogens with zero attached hydrogens (tertiary/aromatic N) is 10. The first-order valence-electron chi connectivity index (χ1n) is 5.79. The maximum atomic E-state index is 3.96. The lowest BCUT2D eigenvalue weighted by molar-refractivity contribution is 0.574. The van der Waals surface area contributed by atoms with Crippen molar-refractivity contribution in [2.45, 2.75) is 39.8 Å². The van der Waals surface area contributed by atoms with E-state index in [1.165, 1.54) is 0 Å². The molecule has 0 amide bonds. The molecule has 96 valence electrons. The second kappa shape index (κ2) is 5.89. The third-order valence-corrected chi connectivity index (χ3v) is 2.13. The van der Waals surface area contributed by atoms with Gasteiger partial charge in [0.1, 0.15) is 0 Å². The van der Waals surface area contributed by atoms with E-state index >= 15 is 0 Å². The quantitative estimate of drug-likeness (QED) is 0.704. The van der Waals surface area contributed by atoms with Crippen LogP contribution >= 0.6 is 0 Å². The zero-order valence-electron chi connectivity index (χ0n) is 10.3. The third-order valence-electron chi connectivity index (χ3n) is 2.13. The molecule has 0 N–H and O–H groups in total. The van der Waals surface area contributed by atoms with E-state index in [2.05, 4.69) is 41.3 Å². The molecule has 0 aliphatic carbocycles. The molecule has 2 aromatic rings. The highest BCUT2D eigenvalue weighted by atomic mass is 15.6. The second-order valence-corrected chi connectivity index (χ2v) is 3.60. The van der Waals surface area contributed by atoms with E-state index in [9.17, 15) is 0 Å². The maximum absolute atomic E-state index is 3.96. The Morgan fingerprint density at radius 3 is 1.67 bits per heavy atom. The number of azo groups is 1. The molecule has 2 heterocycles. The highest BCUT2D eigenvalue weighted by Gasteiger charge is 2.06. The van der Waals surface area contributed by atoms with Crippen LogP contribution in [0.2, 0.25) is 0 Å². The summed E-state index contributed by atoms with van der Waals surface area (Å²) >= 11 is 0. The van der Waals surface area contributed by atoms with Gasteiger partial charge in [-0.05, 0) is 33.7 Å². The number of hydrogen-bond donors (Lipinski definition) is 0. The lowest BCUT2D eigenvalue weighted by Crippen LogP contribution is -1.99. The van der Waals surface area contributed by atoms with E-state index in [0.29, 0.717) is 25.0 Å². The van der Waals surface area contributed by atoms with E-state index in [1.54, 1.807) is 9.36 Å². The highest BCUT2D eigenvalue weighted by Crippen LogP contribution is 2.12. The van der Waals surface area contributed by atoms with E-state index in [0.717, 1.165) is 12.8 Å². The van der Waals surface area contributed by atoms with Gasteiger partial charge in [0.15, 0.2) is 0 Å². The lowest BCUT2D eigenvalue weighted by atomic mass is 10.5. The molecule has 0 saturated carbocycles. The normalized spacial score (nSPS) is 11.4. The van der Waals surface area contributed by atoms with Gasteiger partial charge in [-0.25, -0.2) is 9.36 Å². The Balaban J connectivity index is 2.14. The number of hydrogen-bond acceptors (Lipinski definition) is 8. The van der Waals surface area contributed by atoms with Crippen molar-refractivity contribution in [2.24, 2.45) is 10.2 Å². The van der Waals surface area contributed by atoms with Crippen LogP contribution in [0.15, 0.2) is 10.2 Å². The van der Waals surface area contributed by atoms with Crippen LogP contribution in [-0.4, -0.2) is 40.4 Å². The summed E-state index contributed by atoms with van der Waals surface area (Å²) in [6, 6.07) is 0. The summed E-state index contributed by atoms with van der Waals surface area (Å²) in [7, 11) is 0. The summed E-state index contributed by atoms with van der Waals surface area (Å²) < 4.78 is 3.16. The van der Waals surface area contributed by atoms with Crippen molar-refractivity contribution in [2.75, 3.05) is 0 Å². The first kappa shape index (κ1) is 12.2. The molecule has 0 atom stereocenters. The Morgan fingerprint density at radius 1 is 0.833 bits per heavy atom. The molecule has 2 rings (SSSR count). The molecule has 0 saturated heterocycles. The molecule has 18 heavy (non-hydrogen) atoms. The predicted octanol–water partition coefficient (Wildman–Crippen LogP) is 0.895. The molecule has 0 radical (unpaired) electrons. The van der Waals surface area contributed by atoms with Gasteiger partial charge in [-0.1, -0.05) is 24.0 Å². The molecule has 10 heteroatoms. The average molecular weight is 250 g/mol. The fourth-order valence-electron chi connectivity index (χ4n) is 1.35. The van der Waals surface area contributed by atoms with Crippen LogP contribution in [0.5, 0.6) is 0 Å². The van der Waals surface area contributed by atoms with Crippen molar-refractivity contribution in [1.29, 1.82) is 0 Å². The Labute approximate surface area is 103 Å². The van der Waals surface area contributed by atoms with Crippen LogP contribution in [-0.2, 0) is 13.1 Å². The topological polar surface area (TPSA) is 112 Å². The average Bonchev–Trinajstić information content (AvgIpc) is 2.97. The van der Waals surface area contributed by atoms with E-state index in [4.69, 9.17) is 0 Å². The Bertz CT molecular complexity index is 465.